The van der Waals surface area contributed by atoms with Crippen molar-refractivity contribution >= 4 is 0 Å². The predicted molar refractivity (Wildman–Crippen MR) is 108 cm³/mol. The number of benzene rings is 1. The monoisotopic (exact) mass is 359 g/mol. The highest BCUT2D eigenvalue weighted by molar-refractivity contribution is 5.37. The molecule has 2 saturated heterocycles. The number of aliphatic hydroxyl groups is 1. The molecule has 2 fully saturated rings. The number of piperazine rings is 1. The molecule has 146 valence electrons. The zero-order chi connectivity index (χ0) is 18.5. The van der Waals surface area contributed by atoms with Crippen LogP contribution in [0.4, 0.5) is 0 Å². The first-order valence-electron chi connectivity index (χ1n) is 10.4. The zero-order valence-electron chi connectivity index (χ0n) is 17.0. The van der Waals surface area contributed by atoms with E-state index in [1.165, 1.54) is 54.6 Å². The standard InChI is InChI=1S/C22H37N3O/c1-18-13-19(2)21(16-25-8-6-4-5-7-22(25)17-26)14-20(18)15-24-11-9-23(3)10-12-24/h13-14,22,26H,4-12,15-17H2,1-3H3/t22-/m1/s1. The minimum absolute atomic E-state index is 0.291. The maximum Gasteiger partial charge on any atom is 0.0586 e. The van der Waals surface area contributed by atoms with E-state index in [1.54, 1.807) is 0 Å². The molecule has 0 bridgehead atoms. The van der Waals surface area contributed by atoms with Crippen LogP contribution in [-0.2, 0) is 13.1 Å². The fraction of sp³-hybridized carbons (Fsp3) is 0.727. The Morgan fingerprint density at radius 3 is 2.27 bits per heavy atom. The van der Waals surface area contributed by atoms with E-state index in [0.29, 0.717) is 12.6 Å². The molecule has 2 aliphatic rings. The fourth-order valence-electron chi connectivity index (χ4n) is 4.41. The predicted octanol–water partition coefficient (Wildman–Crippen LogP) is 2.79. The fourth-order valence-corrected chi connectivity index (χ4v) is 4.41. The van der Waals surface area contributed by atoms with E-state index < -0.39 is 0 Å². The molecule has 3 rings (SSSR count). The molecule has 0 aliphatic carbocycles. The van der Waals surface area contributed by atoms with Crippen molar-refractivity contribution in [1.29, 1.82) is 0 Å². The first-order valence-corrected chi connectivity index (χ1v) is 10.4. The molecule has 0 spiro atoms. The molecule has 1 aromatic carbocycles. The normalized spacial score (nSPS) is 23.9. The van der Waals surface area contributed by atoms with E-state index in [1.807, 2.05) is 0 Å². The van der Waals surface area contributed by atoms with Crippen LogP contribution in [0.1, 0.15) is 47.9 Å². The van der Waals surface area contributed by atoms with E-state index >= 15 is 0 Å². The Labute approximate surface area is 159 Å². The molecule has 0 saturated carbocycles. The summed E-state index contributed by atoms with van der Waals surface area (Å²) in [6, 6.07) is 5.15. The lowest BCUT2D eigenvalue weighted by molar-refractivity contribution is 0.118. The van der Waals surface area contributed by atoms with Gasteiger partial charge in [-0.1, -0.05) is 25.0 Å². The van der Waals surface area contributed by atoms with Crippen LogP contribution in [0.15, 0.2) is 12.1 Å². The third kappa shape index (κ3) is 5.07. The van der Waals surface area contributed by atoms with Gasteiger partial charge < -0.3 is 10.0 Å². The third-order valence-corrected chi connectivity index (χ3v) is 6.37. The lowest BCUT2D eigenvalue weighted by Gasteiger charge is -2.33. The summed E-state index contributed by atoms with van der Waals surface area (Å²) in [4.78, 5) is 7.52. The maximum atomic E-state index is 9.82. The van der Waals surface area contributed by atoms with Crippen molar-refractivity contribution in [1.82, 2.24) is 14.7 Å². The topological polar surface area (TPSA) is 30.0 Å². The minimum atomic E-state index is 0.291. The van der Waals surface area contributed by atoms with Crippen molar-refractivity contribution in [3.8, 4) is 0 Å². The molecule has 0 unspecified atom stereocenters. The molecule has 0 radical (unpaired) electrons. The number of likely N-dealkylation sites (tertiary alicyclic amines) is 1. The van der Waals surface area contributed by atoms with E-state index in [-0.39, 0.29) is 0 Å². The van der Waals surface area contributed by atoms with E-state index in [9.17, 15) is 5.11 Å². The van der Waals surface area contributed by atoms with Crippen LogP contribution in [0.2, 0.25) is 0 Å². The zero-order valence-corrected chi connectivity index (χ0v) is 17.0. The first kappa shape index (κ1) is 19.8. The summed E-state index contributed by atoms with van der Waals surface area (Å²) in [5.41, 5.74) is 5.73. The molecule has 1 aromatic rings. The molecule has 4 nitrogen and oxygen atoms in total. The van der Waals surface area contributed by atoms with Gasteiger partial charge in [0.15, 0.2) is 0 Å². The van der Waals surface area contributed by atoms with Crippen LogP contribution in [0.3, 0.4) is 0 Å². The van der Waals surface area contributed by atoms with Gasteiger partial charge in [0.1, 0.15) is 0 Å². The molecular weight excluding hydrogens is 322 g/mol. The Morgan fingerprint density at radius 1 is 0.885 bits per heavy atom. The molecule has 1 N–H and O–H groups in total. The molecule has 1 atom stereocenters. The average molecular weight is 360 g/mol. The van der Waals surface area contributed by atoms with Gasteiger partial charge in [-0.05, 0) is 62.5 Å². The van der Waals surface area contributed by atoms with E-state index in [2.05, 4.69) is 47.7 Å². The largest absolute Gasteiger partial charge is 0.395 e. The van der Waals surface area contributed by atoms with Crippen LogP contribution in [0, 0.1) is 13.8 Å². The Morgan fingerprint density at radius 2 is 1.58 bits per heavy atom. The van der Waals surface area contributed by atoms with Crippen molar-refractivity contribution in [3.05, 3.63) is 34.4 Å². The second-order valence-electron chi connectivity index (χ2n) is 8.44. The number of likely N-dealkylation sites (N-methyl/N-ethyl adjacent to an activating group) is 1. The van der Waals surface area contributed by atoms with Gasteiger partial charge in [0.25, 0.3) is 0 Å². The van der Waals surface area contributed by atoms with Crippen molar-refractivity contribution in [3.63, 3.8) is 0 Å². The molecule has 26 heavy (non-hydrogen) atoms. The highest BCUT2D eigenvalue weighted by Gasteiger charge is 2.21. The van der Waals surface area contributed by atoms with Gasteiger partial charge in [-0.3, -0.25) is 9.80 Å². The smallest absolute Gasteiger partial charge is 0.0586 e. The number of rotatable bonds is 5. The van der Waals surface area contributed by atoms with E-state index in [4.69, 9.17) is 0 Å². The van der Waals surface area contributed by atoms with Crippen LogP contribution >= 0.6 is 0 Å². The van der Waals surface area contributed by atoms with Crippen LogP contribution < -0.4 is 0 Å². The Kier molecular flexibility index (Phi) is 7.10. The third-order valence-electron chi connectivity index (χ3n) is 6.37. The summed E-state index contributed by atoms with van der Waals surface area (Å²) >= 11 is 0. The Balaban J connectivity index is 1.72. The van der Waals surface area contributed by atoms with E-state index in [0.717, 1.165) is 39.1 Å². The SMILES string of the molecule is Cc1cc(C)c(CN2CCCCC[C@@H]2CO)cc1CN1CCN(C)CC1. The first-order chi connectivity index (χ1) is 12.6. The summed E-state index contributed by atoms with van der Waals surface area (Å²) in [7, 11) is 2.21. The van der Waals surface area contributed by atoms with Crippen LogP contribution in [0.25, 0.3) is 0 Å². The van der Waals surface area contributed by atoms with Gasteiger partial charge in [-0.15, -0.1) is 0 Å². The summed E-state index contributed by atoms with van der Waals surface area (Å²) in [5, 5.41) is 9.82. The molecule has 0 aromatic heterocycles. The summed E-state index contributed by atoms with van der Waals surface area (Å²) < 4.78 is 0. The second-order valence-corrected chi connectivity index (χ2v) is 8.44. The number of aliphatic hydroxyl groups excluding tert-OH is 1. The quantitative estimate of drug-likeness (QED) is 0.876. The lowest BCUT2D eigenvalue weighted by atomic mass is 9.98. The van der Waals surface area contributed by atoms with Crippen molar-refractivity contribution in [2.75, 3.05) is 46.4 Å². The van der Waals surface area contributed by atoms with Crippen molar-refractivity contribution in [2.45, 2.75) is 58.7 Å². The molecule has 2 aliphatic heterocycles. The number of nitrogens with zero attached hydrogens (tertiary/aromatic N) is 3. The van der Waals surface area contributed by atoms with Crippen molar-refractivity contribution in [2.24, 2.45) is 0 Å². The molecule has 2 heterocycles. The van der Waals surface area contributed by atoms with Gasteiger partial charge in [0.2, 0.25) is 0 Å². The number of hydrogen-bond donors (Lipinski definition) is 1. The molecule has 4 heteroatoms. The van der Waals surface area contributed by atoms with Gasteiger partial charge in [-0.2, -0.15) is 0 Å². The van der Waals surface area contributed by atoms with Crippen LogP contribution in [-0.4, -0.2) is 72.2 Å². The lowest BCUT2D eigenvalue weighted by Crippen LogP contribution is -2.44. The van der Waals surface area contributed by atoms with Gasteiger partial charge >= 0.3 is 0 Å². The molecular formula is C22H37N3O. The Hall–Kier alpha value is -0.940. The summed E-state index contributed by atoms with van der Waals surface area (Å²) in [6.45, 7) is 12.6. The summed E-state index contributed by atoms with van der Waals surface area (Å²) in [6.07, 6.45) is 4.95. The highest BCUT2D eigenvalue weighted by Crippen LogP contribution is 2.23. The maximum absolute atomic E-state index is 9.82. The van der Waals surface area contributed by atoms with Gasteiger partial charge in [-0.25, -0.2) is 0 Å². The van der Waals surface area contributed by atoms with Gasteiger partial charge in [0.05, 0.1) is 6.61 Å². The number of hydrogen-bond acceptors (Lipinski definition) is 4. The number of aryl methyl sites for hydroxylation is 2. The second kappa shape index (κ2) is 9.32. The minimum Gasteiger partial charge on any atom is -0.395 e. The highest BCUT2D eigenvalue weighted by atomic mass is 16.3. The summed E-state index contributed by atoms with van der Waals surface area (Å²) in [5.74, 6) is 0. The van der Waals surface area contributed by atoms with Gasteiger partial charge in [0, 0.05) is 45.3 Å². The van der Waals surface area contributed by atoms with Crippen LogP contribution in [0.5, 0.6) is 0 Å². The average Bonchev–Trinajstić information content (AvgIpc) is 2.86. The van der Waals surface area contributed by atoms with Crippen molar-refractivity contribution < 1.29 is 5.11 Å². The molecule has 0 amide bonds. The Bertz CT molecular complexity index is 581.